The molecule has 0 amide bonds. The molecule has 0 heterocycles. The summed E-state index contributed by atoms with van der Waals surface area (Å²) in [4.78, 5) is 0. The normalized spacial score (nSPS) is 12.5. The second kappa shape index (κ2) is 5.95. The molecular formula is C11H17ClN2O. The molecule has 3 nitrogen and oxygen atoms in total. The second-order valence-electron chi connectivity index (χ2n) is 3.39. The molecule has 0 aliphatic carbocycles. The zero-order valence-electron chi connectivity index (χ0n) is 9.09. The molecular weight excluding hydrogens is 212 g/mol. The second-order valence-corrected chi connectivity index (χ2v) is 3.83. The number of ether oxygens (including phenoxy) is 1. The Hall–Kier alpha value is -0.770. The number of hydrazine groups is 1. The van der Waals surface area contributed by atoms with E-state index in [1.807, 2.05) is 12.1 Å². The van der Waals surface area contributed by atoms with E-state index in [1.54, 1.807) is 13.2 Å². The average molecular weight is 229 g/mol. The average Bonchev–Trinajstić information content (AvgIpc) is 2.26. The van der Waals surface area contributed by atoms with Gasteiger partial charge in [0, 0.05) is 16.6 Å². The quantitative estimate of drug-likeness (QED) is 0.602. The lowest BCUT2D eigenvalue weighted by molar-refractivity contribution is 0.395. The van der Waals surface area contributed by atoms with Crippen molar-refractivity contribution in [1.29, 1.82) is 0 Å². The van der Waals surface area contributed by atoms with E-state index in [9.17, 15) is 0 Å². The predicted molar refractivity (Wildman–Crippen MR) is 63.0 cm³/mol. The monoisotopic (exact) mass is 228 g/mol. The molecule has 0 saturated carbocycles. The van der Waals surface area contributed by atoms with Crippen molar-refractivity contribution in [1.82, 2.24) is 5.43 Å². The zero-order valence-corrected chi connectivity index (χ0v) is 9.84. The van der Waals surface area contributed by atoms with Gasteiger partial charge >= 0.3 is 0 Å². The number of rotatable bonds is 5. The van der Waals surface area contributed by atoms with Crippen LogP contribution in [-0.2, 0) is 0 Å². The number of benzene rings is 1. The third-order valence-electron chi connectivity index (χ3n) is 2.35. The predicted octanol–water partition coefficient (Wildman–Crippen LogP) is 2.65. The van der Waals surface area contributed by atoms with Crippen molar-refractivity contribution in [2.45, 2.75) is 25.8 Å². The molecule has 0 aromatic heterocycles. The van der Waals surface area contributed by atoms with Gasteiger partial charge in [-0.2, -0.15) is 0 Å². The first-order chi connectivity index (χ1) is 7.22. The van der Waals surface area contributed by atoms with E-state index in [0.717, 1.165) is 24.2 Å². The molecule has 84 valence electrons. The van der Waals surface area contributed by atoms with Crippen LogP contribution in [0.5, 0.6) is 5.75 Å². The van der Waals surface area contributed by atoms with E-state index in [0.29, 0.717) is 5.02 Å². The maximum absolute atomic E-state index is 5.89. The maximum Gasteiger partial charge on any atom is 0.125 e. The zero-order chi connectivity index (χ0) is 11.3. The number of hydrogen-bond donors (Lipinski definition) is 2. The minimum Gasteiger partial charge on any atom is -0.496 e. The first-order valence-corrected chi connectivity index (χ1v) is 5.40. The Kier molecular flexibility index (Phi) is 4.88. The Bertz CT molecular complexity index is 317. The summed E-state index contributed by atoms with van der Waals surface area (Å²) in [6, 6.07) is 5.71. The van der Waals surface area contributed by atoms with Crippen molar-refractivity contribution in [2.75, 3.05) is 7.11 Å². The molecule has 0 bridgehead atoms. The third kappa shape index (κ3) is 3.09. The Morgan fingerprint density at radius 1 is 1.53 bits per heavy atom. The first kappa shape index (κ1) is 12.3. The molecule has 1 unspecified atom stereocenters. The lowest BCUT2D eigenvalue weighted by Crippen LogP contribution is -2.28. The molecule has 0 radical (unpaired) electrons. The van der Waals surface area contributed by atoms with E-state index in [2.05, 4.69) is 12.3 Å². The summed E-state index contributed by atoms with van der Waals surface area (Å²) in [6.07, 6.45) is 2.02. The van der Waals surface area contributed by atoms with Crippen LogP contribution in [0.1, 0.15) is 31.4 Å². The summed E-state index contributed by atoms with van der Waals surface area (Å²) < 4.78 is 5.28. The topological polar surface area (TPSA) is 47.3 Å². The summed E-state index contributed by atoms with van der Waals surface area (Å²) in [7, 11) is 1.63. The smallest absolute Gasteiger partial charge is 0.125 e. The molecule has 1 aromatic rings. The van der Waals surface area contributed by atoms with E-state index in [1.165, 1.54) is 0 Å². The van der Waals surface area contributed by atoms with Gasteiger partial charge in [0.15, 0.2) is 0 Å². The Labute approximate surface area is 95.5 Å². The van der Waals surface area contributed by atoms with Crippen molar-refractivity contribution < 1.29 is 4.74 Å². The van der Waals surface area contributed by atoms with E-state index < -0.39 is 0 Å². The van der Waals surface area contributed by atoms with Crippen molar-refractivity contribution >= 4 is 11.6 Å². The minimum absolute atomic E-state index is 0.113. The van der Waals surface area contributed by atoms with Crippen LogP contribution < -0.4 is 16.0 Å². The molecule has 3 N–H and O–H groups in total. The molecule has 15 heavy (non-hydrogen) atoms. The van der Waals surface area contributed by atoms with Gasteiger partial charge in [0.25, 0.3) is 0 Å². The number of methoxy groups -OCH3 is 1. The highest BCUT2D eigenvalue weighted by atomic mass is 35.5. The fraction of sp³-hybridized carbons (Fsp3) is 0.455. The molecule has 0 spiro atoms. The van der Waals surface area contributed by atoms with Crippen LogP contribution in [0.3, 0.4) is 0 Å². The fourth-order valence-corrected chi connectivity index (χ4v) is 1.75. The van der Waals surface area contributed by atoms with E-state index in [4.69, 9.17) is 22.2 Å². The Morgan fingerprint density at radius 2 is 2.27 bits per heavy atom. The van der Waals surface area contributed by atoms with Gasteiger partial charge in [-0.05, 0) is 18.6 Å². The van der Waals surface area contributed by atoms with Crippen molar-refractivity contribution in [2.24, 2.45) is 5.84 Å². The van der Waals surface area contributed by atoms with Gasteiger partial charge in [-0.15, -0.1) is 0 Å². The minimum atomic E-state index is 0.113. The number of nitrogens with one attached hydrogen (secondary N) is 1. The SMILES string of the molecule is CCCC(NN)c1ccc(Cl)cc1OC. The molecule has 0 aliphatic rings. The van der Waals surface area contributed by atoms with Gasteiger partial charge < -0.3 is 4.74 Å². The molecule has 0 fully saturated rings. The Morgan fingerprint density at radius 3 is 2.80 bits per heavy atom. The molecule has 1 atom stereocenters. The summed E-state index contributed by atoms with van der Waals surface area (Å²) >= 11 is 5.89. The highest BCUT2D eigenvalue weighted by molar-refractivity contribution is 6.30. The lowest BCUT2D eigenvalue weighted by Gasteiger charge is -2.18. The standard InChI is InChI=1S/C11H17ClN2O/c1-3-4-10(14-13)9-6-5-8(12)7-11(9)15-2/h5-7,10,14H,3-4,13H2,1-2H3. The van der Waals surface area contributed by atoms with Crippen molar-refractivity contribution in [3.63, 3.8) is 0 Å². The van der Waals surface area contributed by atoms with Crippen molar-refractivity contribution in [3.8, 4) is 5.75 Å². The largest absolute Gasteiger partial charge is 0.496 e. The number of nitrogens with two attached hydrogens (primary N) is 1. The van der Waals surface area contributed by atoms with Gasteiger partial charge in [-0.25, -0.2) is 0 Å². The van der Waals surface area contributed by atoms with Crippen LogP contribution in [0.4, 0.5) is 0 Å². The van der Waals surface area contributed by atoms with Crippen LogP contribution in [0.2, 0.25) is 5.02 Å². The summed E-state index contributed by atoms with van der Waals surface area (Å²) in [5.74, 6) is 6.29. The summed E-state index contributed by atoms with van der Waals surface area (Å²) in [5.41, 5.74) is 3.84. The maximum atomic E-state index is 5.89. The number of hydrogen-bond acceptors (Lipinski definition) is 3. The van der Waals surface area contributed by atoms with Gasteiger partial charge in [0.05, 0.1) is 7.11 Å². The lowest BCUT2D eigenvalue weighted by atomic mass is 10.0. The molecule has 1 rings (SSSR count). The van der Waals surface area contributed by atoms with Crippen LogP contribution in [0.25, 0.3) is 0 Å². The van der Waals surface area contributed by atoms with Gasteiger partial charge in [-0.1, -0.05) is 31.0 Å². The molecule has 4 heteroatoms. The highest BCUT2D eigenvalue weighted by Crippen LogP contribution is 2.30. The van der Waals surface area contributed by atoms with E-state index in [-0.39, 0.29) is 6.04 Å². The molecule has 0 saturated heterocycles. The van der Waals surface area contributed by atoms with Crippen LogP contribution in [0, 0.1) is 0 Å². The molecule has 0 aliphatic heterocycles. The molecule has 1 aromatic carbocycles. The Balaban J connectivity index is 2.99. The van der Waals surface area contributed by atoms with Crippen LogP contribution in [0.15, 0.2) is 18.2 Å². The third-order valence-corrected chi connectivity index (χ3v) is 2.58. The van der Waals surface area contributed by atoms with Gasteiger partial charge in [0.1, 0.15) is 5.75 Å². The van der Waals surface area contributed by atoms with E-state index >= 15 is 0 Å². The van der Waals surface area contributed by atoms with Gasteiger partial charge in [0.2, 0.25) is 0 Å². The van der Waals surface area contributed by atoms with Gasteiger partial charge in [-0.3, -0.25) is 11.3 Å². The first-order valence-electron chi connectivity index (χ1n) is 5.02. The number of halogens is 1. The summed E-state index contributed by atoms with van der Waals surface area (Å²) in [6.45, 7) is 2.12. The van der Waals surface area contributed by atoms with Crippen LogP contribution in [-0.4, -0.2) is 7.11 Å². The van der Waals surface area contributed by atoms with Crippen molar-refractivity contribution in [3.05, 3.63) is 28.8 Å². The van der Waals surface area contributed by atoms with Crippen LogP contribution >= 0.6 is 11.6 Å². The highest BCUT2D eigenvalue weighted by Gasteiger charge is 2.13. The fourth-order valence-electron chi connectivity index (χ4n) is 1.59. The summed E-state index contributed by atoms with van der Waals surface area (Å²) in [5, 5.41) is 0.669.